The molecule has 0 fully saturated rings. The van der Waals surface area contributed by atoms with Crippen LogP contribution in [0, 0.1) is 6.92 Å². The van der Waals surface area contributed by atoms with Gasteiger partial charge in [0.05, 0.1) is 16.9 Å². The first-order valence-electron chi connectivity index (χ1n) is 11.6. The Morgan fingerprint density at radius 2 is 1.78 bits per heavy atom. The van der Waals surface area contributed by atoms with Crippen molar-refractivity contribution in [2.75, 3.05) is 11.9 Å². The van der Waals surface area contributed by atoms with E-state index in [0.717, 1.165) is 36.9 Å². The Morgan fingerprint density at radius 3 is 2.47 bits per heavy atom. The Bertz CT molecular complexity index is 1110. The number of unbranched alkanes of at least 4 members (excludes halogenated alkanes) is 3. The molecular formula is C26H34N4O2. The zero-order valence-electron chi connectivity index (χ0n) is 19.6. The van der Waals surface area contributed by atoms with Gasteiger partial charge in [0, 0.05) is 19.3 Å². The van der Waals surface area contributed by atoms with E-state index in [0.29, 0.717) is 29.7 Å². The van der Waals surface area contributed by atoms with E-state index in [1.54, 1.807) is 17.7 Å². The van der Waals surface area contributed by atoms with Gasteiger partial charge in [0.1, 0.15) is 5.82 Å². The molecule has 0 radical (unpaired) electrons. The van der Waals surface area contributed by atoms with Crippen LogP contribution in [0.4, 0.5) is 10.5 Å². The lowest BCUT2D eigenvalue weighted by Gasteiger charge is -2.32. The third kappa shape index (κ3) is 5.36. The van der Waals surface area contributed by atoms with Gasteiger partial charge < -0.3 is 10.2 Å². The number of urea groups is 1. The maximum atomic E-state index is 13.4. The minimum absolute atomic E-state index is 0.0890. The normalized spacial score (nSPS) is 12.0. The number of aryl methyl sites for hydroxylation is 1. The first-order valence-corrected chi connectivity index (χ1v) is 11.6. The number of rotatable bonds is 9. The number of hydrogen-bond acceptors (Lipinski definition) is 3. The molecule has 6 nitrogen and oxygen atoms in total. The lowest BCUT2D eigenvalue weighted by atomic mass is 10.1. The summed E-state index contributed by atoms with van der Waals surface area (Å²) < 4.78 is 1.59. The predicted octanol–water partition coefficient (Wildman–Crippen LogP) is 5.81. The average molecular weight is 435 g/mol. The van der Waals surface area contributed by atoms with Gasteiger partial charge in [-0.05, 0) is 44.0 Å². The fourth-order valence-corrected chi connectivity index (χ4v) is 4.02. The van der Waals surface area contributed by atoms with Crippen molar-refractivity contribution in [3.05, 3.63) is 70.3 Å². The summed E-state index contributed by atoms with van der Waals surface area (Å²) >= 11 is 0. The molecular weight excluding hydrogens is 400 g/mol. The van der Waals surface area contributed by atoms with Crippen LogP contribution in [-0.2, 0) is 7.05 Å². The number of nitrogens with zero attached hydrogens (tertiary/aromatic N) is 3. The average Bonchev–Trinajstić information content (AvgIpc) is 2.80. The maximum absolute atomic E-state index is 13.4. The summed E-state index contributed by atoms with van der Waals surface area (Å²) in [6, 6.07) is 14.7. The highest BCUT2D eigenvalue weighted by Crippen LogP contribution is 2.25. The number of nitrogens with one attached hydrogen (secondary N) is 1. The van der Waals surface area contributed by atoms with Crippen LogP contribution in [0.5, 0.6) is 0 Å². The van der Waals surface area contributed by atoms with E-state index in [-0.39, 0.29) is 17.6 Å². The van der Waals surface area contributed by atoms with E-state index in [9.17, 15) is 9.59 Å². The fraction of sp³-hybridized carbons (Fsp3) is 0.423. The van der Waals surface area contributed by atoms with Crippen LogP contribution >= 0.6 is 0 Å². The molecule has 1 aromatic heterocycles. The molecule has 2 aromatic carbocycles. The molecule has 0 saturated carbocycles. The molecule has 0 bridgehead atoms. The summed E-state index contributed by atoms with van der Waals surface area (Å²) in [5.74, 6) is 0.616. The molecule has 0 aliphatic rings. The van der Waals surface area contributed by atoms with Gasteiger partial charge in [-0.2, -0.15) is 0 Å². The van der Waals surface area contributed by atoms with Gasteiger partial charge in [-0.3, -0.25) is 9.36 Å². The number of benzene rings is 2. The van der Waals surface area contributed by atoms with Crippen LogP contribution in [0.15, 0.2) is 53.3 Å². The van der Waals surface area contributed by atoms with Crippen LogP contribution in [0.3, 0.4) is 0 Å². The molecule has 32 heavy (non-hydrogen) atoms. The number of amides is 2. The van der Waals surface area contributed by atoms with Crippen molar-refractivity contribution >= 4 is 22.6 Å². The monoisotopic (exact) mass is 434 g/mol. The number of anilines is 1. The Hall–Kier alpha value is -3.15. The van der Waals surface area contributed by atoms with Crippen LogP contribution in [-0.4, -0.2) is 27.0 Å². The molecule has 170 valence electrons. The van der Waals surface area contributed by atoms with Crippen molar-refractivity contribution in [3.63, 3.8) is 0 Å². The Morgan fingerprint density at radius 1 is 1.06 bits per heavy atom. The van der Waals surface area contributed by atoms with Crippen LogP contribution in [0.2, 0.25) is 0 Å². The van der Waals surface area contributed by atoms with E-state index in [4.69, 9.17) is 4.98 Å². The number of para-hydroxylation sites is 1. The van der Waals surface area contributed by atoms with E-state index in [1.807, 2.05) is 61.2 Å². The minimum Gasteiger partial charge on any atom is -0.314 e. The van der Waals surface area contributed by atoms with Gasteiger partial charge in [0.2, 0.25) is 0 Å². The Balaban J connectivity index is 1.96. The zero-order chi connectivity index (χ0) is 23.1. The largest absolute Gasteiger partial charge is 0.322 e. The molecule has 3 rings (SSSR count). The maximum Gasteiger partial charge on any atom is 0.322 e. The van der Waals surface area contributed by atoms with Gasteiger partial charge in [0.15, 0.2) is 0 Å². The van der Waals surface area contributed by atoms with E-state index >= 15 is 0 Å². The molecule has 3 aromatic rings. The van der Waals surface area contributed by atoms with Gasteiger partial charge in [-0.25, -0.2) is 9.78 Å². The second-order valence-electron chi connectivity index (χ2n) is 8.33. The zero-order valence-corrected chi connectivity index (χ0v) is 19.6. The molecule has 0 aliphatic carbocycles. The second-order valence-corrected chi connectivity index (χ2v) is 8.33. The molecule has 0 spiro atoms. The molecule has 1 N–H and O–H groups in total. The number of hydrogen-bond donors (Lipinski definition) is 1. The molecule has 0 aliphatic heterocycles. The SMILES string of the molecule is CCCCCCN(C(=O)Nc1ccc(C)cc1)C(CC)c1nc2ccccc2c(=O)n1C. The summed E-state index contributed by atoms with van der Waals surface area (Å²) in [6.07, 6.45) is 4.90. The lowest BCUT2D eigenvalue weighted by Crippen LogP contribution is -2.41. The molecule has 2 amide bonds. The van der Waals surface area contributed by atoms with Gasteiger partial charge in [-0.15, -0.1) is 0 Å². The summed E-state index contributed by atoms with van der Waals surface area (Å²) in [7, 11) is 1.74. The number of carbonyl (C=O) groups excluding carboxylic acids is 1. The molecule has 0 saturated heterocycles. The first-order chi connectivity index (χ1) is 15.5. The molecule has 6 heteroatoms. The van der Waals surface area contributed by atoms with Crippen LogP contribution in [0.1, 0.15) is 63.4 Å². The highest BCUT2D eigenvalue weighted by molar-refractivity contribution is 5.89. The smallest absolute Gasteiger partial charge is 0.314 e. The van der Waals surface area contributed by atoms with Gasteiger partial charge >= 0.3 is 6.03 Å². The van der Waals surface area contributed by atoms with E-state index in [2.05, 4.69) is 12.2 Å². The number of aromatic nitrogens is 2. The lowest BCUT2D eigenvalue weighted by molar-refractivity contribution is 0.178. The summed E-state index contributed by atoms with van der Waals surface area (Å²) in [4.78, 5) is 33.0. The summed E-state index contributed by atoms with van der Waals surface area (Å²) in [5, 5.41) is 3.63. The van der Waals surface area contributed by atoms with Crippen molar-refractivity contribution in [1.29, 1.82) is 0 Å². The Kier molecular flexibility index (Phi) is 8.03. The fourth-order valence-electron chi connectivity index (χ4n) is 4.02. The Labute approximate surface area is 190 Å². The van der Waals surface area contributed by atoms with Gasteiger partial charge in [-0.1, -0.05) is 62.9 Å². The second kappa shape index (κ2) is 10.9. The van der Waals surface area contributed by atoms with E-state index in [1.165, 1.54) is 0 Å². The van der Waals surface area contributed by atoms with Crippen molar-refractivity contribution < 1.29 is 4.79 Å². The summed E-state index contributed by atoms with van der Waals surface area (Å²) in [6.45, 7) is 6.83. The third-order valence-corrected chi connectivity index (χ3v) is 5.89. The minimum atomic E-state index is -0.301. The van der Waals surface area contributed by atoms with Crippen molar-refractivity contribution in [3.8, 4) is 0 Å². The van der Waals surface area contributed by atoms with Crippen LogP contribution < -0.4 is 10.9 Å². The molecule has 1 atom stereocenters. The summed E-state index contributed by atoms with van der Waals surface area (Å²) in [5.41, 5.74) is 2.47. The quantitative estimate of drug-likeness (QED) is 0.432. The molecule has 1 heterocycles. The highest BCUT2D eigenvalue weighted by Gasteiger charge is 2.27. The topological polar surface area (TPSA) is 67.2 Å². The third-order valence-electron chi connectivity index (χ3n) is 5.89. The first kappa shape index (κ1) is 23.5. The number of fused-ring (bicyclic) bond motifs is 1. The van der Waals surface area contributed by atoms with Crippen molar-refractivity contribution in [1.82, 2.24) is 14.5 Å². The highest BCUT2D eigenvalue weighted by atomic mass is 16.2. The standard InChI is InChI=1S/C26H34N4O2/c1-5-7-8-11-18-30(26(32)27-20-16-14-19(3)15-17-20)23(6-2)24-28-22-13-10-9-12-21(22)25(31)29(24)4/h9-10,12-17,23H,5-8,11,18H2,1-4H3,(H,27,32). The van der Waals surface area contributed by atoms with Crippen molar-refractivity contribution in [2.24, 2.45) is 7.05 Å². The van der Waals surface area contributed by atoms with Crippen molar-refractivity contribution in [2.45, 2.75) is 58.9 Å². The van der Waals surface area contributed by atoms with E-state index < -0.39 is 0 Å². The number of carbonyl (C=O) groups is 1. The predicted molar refractivity (Wildman–Crippen MR) is 131 cm³/mol. The van der Waals surface area contributed by atoms with Crippen LogP contribution in [0.25, 0.3) is 10.9 Å². The molecule has 1 unspecified atom stereocenters. The van der Waals surface area contributed by atoms with Gasteiger partial charge in [0.25, 0.3) is 5.56 Å².